The average Bonchev–Trinajstić information content (AvgIpc) is 2.69. The van der Waals surface area contributed by atoms with Crippen LogP contribution in [0.2, 0.25) is 5.02 Å². The summed E-state index contributed by atoms with van der Waals surface area (Å²) in [6.07, 6.45) is 3.33. The smallest absolute Gasteiger partial charge is 0.253 e. The Morgan fingerprint density at radius 3 is 2.63 bits per heavy atom. The fourth-order valence-electron chi connectivity index (χ4n) is 2.56. The molecule has 0 atom stereocenters. The van der Waals surface area contributed by atoms with Crippen molar-refractivity contribution in [3.05, 3.63) is 94.8 Å². The zero-order valence-corrected chi connectivity index (χ0v) is 15.2. The number of nitrogens with zero attached hydrogens (tertiary/aromatic N) is 1. The number of benzene rings is 2. The highest BCUT2D eigenvalue weighted by Gasteiger charge is 2.08. The van der Waals surface area contributed by atoms with Crippen LogP contribution >= 0.6 is 11.6 Å². The molecule has 2 amide bonds. The van der Waals surface area contributed by atoms with Crippen molar-refractivity contribution in [2.75, 3.05) is 5.32 Å². The van der Waals surface area contributed by atoms with Crippen LogP contribution in [0, 0.1) is 0 Å². The highest BCUT2D eigenvalue weighted by Crippen LogP contribution is 2.17. The van der Waals surface area contributed by atoms with Gasteiger partial charge in [-0.1, -0.05) is 41.9 Å². The lowest BCUT2D eigenvalue weighted by Gasteiger charge is -2.09. The summed E-state index contributed by atoms with van der Waals surface area (Å²) < 4.78 is 0. The van der Waals surface area contributed by atoms with Crippen LogP contribution in [0.1, 0.15) is 21.5 Å². The van der Waals surface area contributed by atoms with E-state index in [2.05, 4.69) is 15.6 Å². The molecule has 0 saturated heterocycles. The minimum atomic E-state index is -0.198. The Morgan fingerprint density at radius 1 is 1.00 bits per heavy atom. The summed E-state index contributed by atoms with van der Waals surface area (Å²) in [6, 6.07) is 18.0. The van der Waals surface area contributed by atoms with Gasteiger partial charge in [-0.25, -0.2) is 0 Å². The van der Waals surface area contributed by atoms with Crippen LogP contribution in [0.25, 0.3) is 0 Å². The van der Waals surface area contributed by atoms with Gasteiger partial charge in [0.15, 0.2) is 0 Å². The monoisotopic (exact) mass is 379 g/mol. The van der Waals surface area contributed by atoms with Gasteiger partial charge in [0.2, 0.25) is 5.91 Å². The Labute approximate surface area is 162 Å². The van der Waals surface area contributed by atoms with Gasteiger partial charge in [0.05, 0.1) is 12.0 Å². The number of pyridine rings is 1. The second-order valence-electron chi connectivity index (χ2n) is 5.94. The second-order valence-corrected chi connectivity index (χ2v) is 6.35. The van der Waals surface area contributed by atoms with Crippen molar-refractivity contribution in [3.8, 4) is 0 Å². The lowest BCUT2D eigenvalue weighted by atomic mass is 10.1. The predicted octanol–water partition coefficient (Wildman–Crippen LogP) is 3.85. The molecule has 1 aromatic heterocycles. The van der Waals surface area contributed by atoms with Crippen molar-refractivity contribution in [2.24, 2.45) is 0 Å². The predicted molar refractivity (Wildman–Crippen MR) is 106 cm³/mol. The highest BCUT2D eigenvalue weighted by molar-refractivity contribution is 6.31. The third-order valence-electron chi connectivity index (χ3n) is 3.90. The summed E-state index contributed by atoms with van der Waals surface area (Å²) in [5.41, 5.74) is 2.82. The molecule has 0 unspecified atom stereocenters. The van der Waals surface area contributed by atoms with E-state index in [0.29, 0.717) is 22.8 Å². The minimum Gasteiger partial charge on any atom is -0.348 e. The maximum absolute atomic E-state index is 12.3. The van der Waals surface area contributed by atoms with E-state index in [4.69, 9.17) is 11.6 Å². The van der Waals surface area contributed by atoms with E-state index in [1.54, 1.807) is 30.5 Å². The Hall–Kier alpha value is -3.18. The third kappa shape index (κ3) is 5.39. The van der Waals surface area contributed by atoms with E-state index in [9.17, 15) is 9.59 Å². The standard InChI is InChI=1S/C21H18ClN3O2/c22-19-9-2-1-6-16(19)12-20(26)25-18-8-3-5-15(11-18)13-24-21(27)17-7-4-10-23-14-17/h1-11,14H,12-13H2,(H,24,27)(H,25,26). The van der Waals surface area contributed by atoms with Gasteiger partial charge in [-0.3, -0.25) is 14.6 Å². The van der Waals surface area contributed by atoms with Gasteiger partial charge in [0.25, 0.3) is 5.91 Å². The van der Waals surface area contributed by atoms with Crippen molar-refractivity contribution in [2.45, 2.75) is 13.0 Å². The minimum absolute atomic E-state index is 0.153. The average molecular weight is 380 g/mol. The van der Waals surface area contributed by atoms with Crippen LogP contribution in [-0.4, -0.2) is 16.8 Å². The molecule has 5 nitrogen and oxygen atoms in total. The Kier molecular flexibility index (Phi) is 6.18. The van der Waals surface area contributed by atoms with Crippen molar-refractivity contribution in [3.63, 3.8) is 0 Å². The van der Waals surface area contributed by atoms with Crippen LogP contribution in [0.3, 0.4) is 0 Å². The summed E-state index contributed by atoms with van der Waals surface area (Å²) in [7, 11) is 0. The maximum atomic E-state index is 12.3. The van der Waals surface area contributed by atoms with Gasteiger partial charge >= 0.3 is 0 Å². The SMILES string of the molecule is O=C(Cc1ccccc1Cl)Nc1cccc(CNC(=O)c2cccnc2)c1. The Morgan fingerprint density at radius 2 is 1.85 bits per heavy atom. The maximum Gasteiger partial charge on any atom is 0.253 e. The molecule has 0 aliphatic heterocycles. The first-order chi connectivity index (χ1) is 13.1. The van der Waals surface area contributed by atoms with E-state index < -0.39 is 0 Å². The Bertz CT molecular complexity index is 945. The second kappa shape index (κ2) is 8.96. The molecule has 27 heavy (non-hydrogen) atoms. The van der Waals surface area contributed by atoms with Gasteiger partial charge in [-0.05, 0) is 41.5 Å². The molecule has 2 aromatic carbocycles. The molecular weight excluding hydrogens is 362 g/mol. The molecule has 0 aliphatic carbocycles. The van der Waals surface area contributed by atoms with Crippen LogP contribution in [-0.2, 0) is 17.8 Å². The first kappa shape index (κ1) is 18.6. The van der Waals surface area contributed by atoms with Crippen LogP contribution in [0.4, 0.5) is 5.69 Å². The first-order valence-corrected chi connectivity index (χ1v) is 8.80. The van der Waals surface area contributed by atoms with Crippen molar-refractivity contribution < 1.29 is 9.59 Å². The highest BCUT2D eigenvalue weighted by atomic mass is 35.5. The number of hydrogen-bond acceptors (Lipinski definition) is 3. The summed E-state index contributed by atoms with van der Waals surface area (Å²) >= 11 is 6.09. The van der Waals surface area contributed by atoms with E-state index in [1.165, 1.54) is 6.20 Å². The lowest BCUT2D eigenvalue weighted by Crippen LogP contribution is -2.23. The summed E-state index contributed by atoms with van der Waals surface area (Å²) in [6.45, 7) is 0.349. The zero-order chi connectivity index (χ0) is 19.1. The molecule has 1 heterocycles. The number of nitrogens with one attached hydrogen (secondary N) is 2. The van der Waals surface area contributed by atoms with Crippen LogP contribution in [0.5, 0.6) is 0 Å². The molecule has 136 valence electrons. The molecule has 0 bridgehead atoms. The first-order valence-electron chi connectivity index (χ1n) is 8.42. The molecule has 0 aliphatic rings. The molecule has 0 fully saturated rings. The molecule has 0 saturated carbocycles. The lowest BCUT2D eigenvalue weighted by molar-refractivity contribution is -0.115. The quantitative estimate of drug-likeness (QED) is 0.683. The van der Waals surface area contributed by atoms with Gasteiger partial charge < -0.3 is 10.6 Å². The molecule has 3 rings (SSSR count). The number of hydrogen-bond donors (Lipinski definition) is 2. The van der Waals surface area contributed by atoms with E-state index in [1.807, 2.05) is 36.4 Å². The van der Waals surface area contributed by atoms with Crippen LogP contribution in [0.15, 0.2) is 73.1 Å². The van der Waals surface area contributed by atoms with Crippen molar-refractivity contribution in [1.82, 2.24) is 10.3 Å². The number of carbonyl (C=O) groups excluding carboxylic acids is 2. The molecule has 2 N–H and O–H groups in total. The number of carbonyl (C=O) groups is 2. The van der Waals surface area contributed by atoms with Gasteiger partial charge in [0.1, 0.15) is 0 Å². The number of anilines is 1. The van der Waals surface area contributed by atoms with Gasteiger partial charge in [-0.2, -0.15) is 0 Å². The van der Waals surface area contributed by atoms with E-state index in [-0.39, 0.29) is 18.2 Å². The van der Waals surface area contributed by atoms with Crippen molar-refractivity contribution >= 4 is 29.1 Å². The topological polar surface area (TPSA) is 71.1 Å². The summed E-state index contributed by atoms with van der Waals surface area (Å²) in [4.78, 5) is 28.3. The van der Waals surface area contributed by atoms with E-state index in [0.717, 1.165) is 11.1 Å². The molecular formula is C21H18ClN3O2. The van der Waals surface area contributed by atoms with Crippen molar-refractivity contribution in [1.29, 1.82) is 0 Å². The largest absolute Gasteiger partial charge is 0.348 e. The molecule has 0 spiro atoms. The normalized spacial score (nSPS) is 10.3. The summed E-state index contributed by atoms with van der Waals surface area (Å²) in [5.74, 6) is -0.351. The van der Waals surface area contributed by atoms with E-state index >= 15 is 0 Å². The fourth-order valence-corrected chi connectivity index (χ4v) is 2.76. The molecule has 0 radical (unpaired) electrons. The number of rotatable bonds is 6. The van der Waals surface area contributed by atoms with Gasteiger partial charge in [-0.15, -0.1) is 0 Å². The molecule has 6 heteroatoms. The van der Waals surface area contributed by atoms with Gasteiger partial charge in [0, 0.05) is 29.6 Å². The number of amides is 2. The number of aromatic nitrogens is 1. The number of halogens is 1. The fraction of sp³-hybridized carbons (Fsp3) is 0.0952. The molecule has 3 aromatic rings. The third-order valence-corrected chi connectivity index (χ3v) is 4.27. The Balaban J connectivity index is 1.58. The zero-order valence-electron chi connectivity index (χ0n) is 14.5. The summed E-state index contributed by atoms with van der Waals surface area (Å²) in [5, 5.41) is 6.26. The van der Waals surface area contributed by atoms with Crippen LogP contribution < -0.4 is 10.6 Å².